The van der Waals surface area contributed by atoms with Gasteiger partial charge in [0.1, 0.15) is 5.84 Å². The first-order valence-corrected chi connectivity index (χ1v) is 6.06. The van der Waals surface area contributed by atoms with E-state index in [1.807, 2.05) is 31.2 Å². The van der Waals surface area contributed by atoms with Crippen LogP contribution < -0.4 is 5.73 Å². The summed E-state index contributed by atoms with van der Waals surface area (Å²) in [5.41, 5.74) is 9.43. The molecule has 0 atom stereocenters. The SMILES string of the molecule is Cc1cccc2c(C(=N)N)cc(C(C)(C)C)nc12. The van der Waals surface area contributed by atoms with Crippen LogP contribution in [0.25, 0.3) is 10.9 Å². The van der Waals surface area contributed by atoms with Crippen molar-refractivity contribution in [2.75, 3.05) is 0 Å². The topological polar surface area (TPSA) is 62.8 Å². The van der Waals surface area contributed by atoms with Crippen LogP contribution in [0.4, 0.5) is 0 Å². The number of benzene rings is 1. The maximum Gasteiger partial charge on any atom is 0.123 e. The molecule has 0 spiro atoms. The van der Waals surface area contributed by atoms with Gasteiger partial charge in [-0.15, -0.1) is 0 Å². The monoisotopic (exact) mass is 241 g/mol. The van der Waals surface area contributed by atoms with Crippen molar-refractivity contribution in [1.29, 1.82) is 5.41 Å². The number of nitrogens with two attached hydrogens (primary N) is 1. The number of nitrogens with zero attached hydrogens (tertiary/aromatic N) is 1. The van der Waals surface area contributed by atoms with Crippen molar-refractivity contribution in [3.63, 3.8) is 0 Å². The number of amidine groups is 1. The van der Waals surface area contributed by atoms with Crippen molar-refractivity contribution >= 4 is 16.7 Å². The molecule has 18 heavy (non-hydrogen) atoms. The summed E-state index contributed by atoms with van der Waals surface area (Å²) in [5, 5.41) is 8.69. The number of rotatable bonds is 1. The van der Waals surface area contributed by atoms with E-state index in [0.717, 1.165) is 27.7 Å². The molecule has 0 radical (unpaired) electrons. The highest BCUT2D eigenvalue weighted by molar-refractivity contribution is 6.07. The Bertz CT molecular complexity index is 621. The fourth-order valence-corrected chi connectivity index (χ4v) is 2.00. The number of para-hydroxylation sites is 1. The van der Waals surface area contributed by atoms with Gasteiger partial charge < -0.3 is 5.73 Å². The molecule has 0 aliphatic heterocycles. The molecule has 3 N–H and O–H groups in total. The lowest BCUT2D eigenvalue weighted by Crippen LogP contribution is -2.18. The quantitative estimate of drug-likeness (QED) is 0.595. The summed E-state index contributed by atoms with van der Waals surface area (Å²) in [5.74, 6) is 0.0958. The number of aromatic nitrogens is 1. The zero-order valence-electron chi connectivity index (χ0n) is 11.3. The predicted molar refractivity (Wildman–Crippen MR) is 76.2 cm³/mol. The molecule has 3 nitrogen and oxygen atoms in total. The normalized spacial score (nSPS) is 11.8. The first kappa shape index (κ1) is 12.6. The van der Waals surface area contributed by atoms with Gasteiger partial charge in [-0.3, -0.25) is 10.4 Å². The van der Waals surface area contributed by atoms with Crippen LogP contribution in [0.15, 0.2) is 24.3 Å². The number of hydrogen-bond acceptors (Lipinski definition) is 2. The Morgan fingerprint density at radius 3 is 2.50 bits per heavy atom. The summed E-state index contributed by atoms with van der Waals surface area (Å²) in [6.07, 6.45) is 0. The highest BCUT2D eigenvalue weighted by atomic mass is 14.7. The molecule has 1 aromatic carbocycles. The highest BCUT2D eigenvalue weighted by Crippen LogP contribution is 2.27. The van der Waals surface area contributed by atoms with Crippen molar-refractivity contribution in [3.8, 4) is 0 Å². The van der Waals surface area contributed by atoms with Crippen LogP contribution in [0, 0.1) is 12.3 Å². The lowest BCUT2D eigenvalue weighted by molar-refractivity contribution is 0.571. The number of hydrogen-bond donors (Lipinski definition) is 2. The van der Waals surface area contributed by atoms with Crippen molar-refractivity contribution in [2.24, 2.45) is 5.73 Å². The molecule has 1 heterocycles. The smallest absolute Gasteiger partial charge is 0.123 e. The zero-order valence-corrected chi connectivity index (χ0v) is 11.3. The maximum absolute atomic E-state index is 7.74. The second-order valence-corrected chi connectivity index (χ2v) is 5.69. The number of pyridine rings is 1. The summed E-state index contributed by atoms with van der Waals surface area (Å²) in [7, 11) is 0. The standard InChI is InChI=1S/C15H19N3/c1-9-6-5-7-10-11(14(16)17)8-12(15(2,3)4)18-13(9)10/h5-8H,1-4H3,(H3,16,17). The lowest BCUT2D eigenvalue weighted by Gasteiger charge is -2.20. The van der Waals surface area contributed by atoms with Crippen molar-refractivity contribution < 1.29 is 0 Å². The van der Waals surface area contributed by atoms with Crippen LogP contribution in [-0.2, 0) is 5.41 Å². The van der Waals surface area contributed by atoms with E-state index >= 15 is 0 Å². The summed E-state index contributed by atoms with van der Waals surface area (Å²) in [6, 6.07) is 7.91. The van der Waals surface area contributed by atoms with Crippen molar-refractivity contribution in [2.45, 2.75) is 33.1 Å². The minimum Gasteiger partial charge on any atom is -0.384 e. The number of nitrogen functional groups attached to an aromatic ring is 1. The number of aryl methyl sites for hydroxylation is 1. The van der Waals surface area contributed by atoms with Gasteiger partial charge in [-0.05, 0) is 18.6 Å². The van der Waals surface area contributed by atoms with Crippen LogP contribution in [0.1, 0.15) is 37.6 Å². The van der Waals surface area contributed by atoms with Gasteiger partial charge in [0.05, 0.1) is 5.52 Å². The van der Waals surface area contributed by atoms with Crippen LogP contribution in [0.2, 0.25) is 0 Å². The van der Waals surface area contributed by atoms with Gasteiger partial charge in [0.15, 0.2) is 0 Å². The molecule has 0 bridgehead atoms. The lowest BCUT2D eigenvalue weighted by atomic mass is 9.89. The van der Waals surface area contributed by atoms with Crippen molar-refractivity contribution in [1.82, 2.24) is 4.98 Å². The largest absolute Gasteiger partial charge is 0.384 e. The van der Waals surface area contributed by atoms with E-state index < -0.39 is 0 Å². The first-order valence-electron chi connectivity index (χ1n) is 6.06. The van der Waals surface area contributed by atoms with Gasteiger partial charge in [-0.1, -0.05) is 39.0 Å². The minimum atomic E-state index is -0.0549. The molecule has 2 aromatic rings. The molecular formula is C15H19N3. The van der Waals surface area contributed by atoms with Gasteiger partial charge in [0, 0.05) is 22.1 Å². The molecule has 0 saturated heterocycles. The van der Waals surface area contributed by atoms with Gasteiger partial charge in [0.25, 0.3) is 0 Å². The number of nitrogens with one attached hydrogen (secondary N) is 1. The maximum atomic E-state index is 7.74. The van der Waals surface area contributed by atoms with Crippen LogP contribution in [-0.4, -0.2) is 10.8 Å². The van der Waals surface area contributed by atoms with Crippen LogP contribution >= 0.6 is 0 Å². The molecule has 0 aliphatic carbocycles. The molecule has 0 unspecified atom stereocenters. The highest BCUT2D eigenvalue weighted by Gasteiger charge is 2.19. The van der Waals surface area contributed by atoms with E-state index in [1.54, 1.807) is 0 Å². The fourth-order valence-electron chi connectivity index (χ4n) is 2.00. The average molecular weight is 241 g/mol. The molecule has 0 amide bonds. The van der Waals surface area contributed by atoms with E-state index in [9.17, 15) is 0 Å². The summed E-state index contributed by atoms with van der Waals surface area (Å²) < 4.78 is 0. The van der Waals surface area contributed by atoms with Gasteiger partial charge in [-0.25, -0.2) is 0 Å². The minimum absolute atomic E-state index is 0.0549. The molecular weight excluding hydrogens is 222 g/mol. The first-order chi connectivity index (χ1) is 8.30. The summed E-state index contributed by atoms with van der Waals surface area (Å²) >= 11 is 0. The fraction of sp³-hybridized carbons (Fsp3) is 0.333. The second kappa shape index (κ2) is 4.09. The Hall–Kier alpha value is -1.90. The Morgan fingerprint density at radius 1 is 1.28 bits per heavy atom. The third-order valence-electron chi connectivity index (χ3n) is 3.10. The molecule has 94 valence electrons. The van der Waals surface area contributed by atoms with Crippen molar-refractivity contribution in [3.05, 3.63) is 41.1 Å². The van der Waals surface area contributed by atoms with E-state index in [-0.39, 0.29) is 11.3 Å². The van der Waals surface area contributed by atoms with Gasteiger partial charge in [-0.2, -0.15) is 0 Å². The Balaban J connectivity index is 2.88. The summed E-state index contributed by atoms with van der Waals surface area (Å²) in [4.78, 5) is 4.74. The Kier molecular flexibility index (Phi) is 2.85. The molecule has 3 heteroatoms. The number of fused-ring (bicyclic) bond motifs is 1. The molecule has 0 aliphatic rings. The second-order valence-electron chi connectivity index (χ2n) is 5.69. The van der Waals surface area contributed by atoms with E-state index in [0.29, 0.717) is 0 Å². The summed E-state index contributed by atoms with van der Waals surface area (Å²) in [6.45, 7) is 8.38. The molecule has 2 rings (SSSR count). The molecule has 0 saturated carbocycles. The Labute approximate surface area is 108 Å². The third kappa shape index (κ3) is 2.08. The third-order valence-corrected chi connectivity index (χ3v) is 3.10. The van der Waals surface area contributed by atoms with E-state index in [1.165, 1.54) is 0 Å². The molecule has 0 fully saturated rings. The zero-order chi connectivity index (χ0) is 13.5. The predicted octanol–water partition coefficient (Wildman–Crippen LogP) is 3.12. The average Bonchev–Trinajstić information content (AvgIpc) is 2.27. The molecule has 1 aromatic heterocycles. The van der Waals surface area contributed by atoms with Gasteiger partial charge in [0.2, 0.25) is 0 Å². The van der Waals surface area contributed by atoms with Crippen LogP contribution in [0.3, 0.4) is 0 Å². The van der Waals surface area contributed by atoms with E-state index in [4.69, 9.17) is 16.1 Å². The van der Waals surface area contributed by atoms with Gasteiger partial charge >= 0.3 is 0 Å². The van der Waals surface area contributed by atoms with Crippen LogP contribution in [0.5, 0.6) is 0 Å². The van der Waals surface area contributed by atoms with E-state index in [2.05, 4.69) is 20.8 Å². The Morgan fingerprint density at radius 2 is 1.94 bits per heavy atom.